The third kappa shape index (κ3) is 5.19. The van der Waals surface area contributed by atoms with Gasteiger partial charge in [0.05, 0.1) is 0 Å². The fraction of sp³-hybridized carbons (Fsp3) is 0.379. The van der Waals surface area contributed by atoms with E-state index in [1.807, 2.05) is 24.3 Å². The molecule has 1 heteroatoms. The van der Waals surface area contributed by atoms with E-state index in [0.717, 1.165) is 35.8 Å². The van der Waals surface area contributed by atoms with E-state index in [9.17, 15) is 4.39 Å². The molecule has 4 rings (SSSR count). The molecular weight excluding hydrogens is 367 g/mol. The molecule has 0 saturated heterocycles. The van der Waals surface area contributed by atoms with Crippen molar-refractivity contribution < 1.29 is 4.39 Å². The van der Waals surface area contributed by atoms with Crippen LogP contribution in [-0.2, 0) is 19.5 Å². The predicted octanol–water partition coefficient (Wildman–Crippen LogP) is 8.29. The quantitative estimate of drug-likeness (QED) is 0.374. The summed E-state index contributed by atoms with van der Waals surface area (Å²) in [5.41, 5.74) is 7.38. The summed E-state index contributed by atoms with van der Waals surface area (Å²) in [5, 5.41) is 0. The van der Waals surface area contributed by atoms with Crippen LogP contribution in [0.4, 0.5) is 4.39 Å². The lowest BCUT2D eigenvalue weighted by molar-refractivity contribution is 0.319. The second-order valence-electron chi connectivity index (χ2n) is 8.89. The zero-order valence-electron chi connectivity index (χ0n) is 18.1. The number of halogens is 1. The summed E-state index contributed by atoms with van der Waals surface area (Å²) in [6, 6.07) is 25.9. The van der Waals surface area contributed by atoms with Crippen LogP contribution in [0, 0.1) is 5.92 Å². The largest absolute Gasteiger partial charge is 0.246 e. The molecule has 0 bridgehead atoms. The van der Waals surface area contributed by atoms with E-state index in [4.69, 9.17) is 0 Å². The molecular formula is C29H33F. The molecule has 0 heterocycles. The molecule has 0 N–H and O–H groups in total. The van der Waals surface area contributed by atoms with Gasteiger partial charge in [-0.1, -0.05) is 86.1 Å². The van der Waals surface area contributed by atoms with E-state index < -0.39 is 6.67 Å². The van der Waals surface area contributed by atoms with E-state index in [-0.39, 0.29) is 0 Å². The molecule has 30 heavy (non-hydrogen) atoms. The minimum absolute atomic E-state index is 0.403. The lowest BCUT2D eigenvalue weighted by atomic mass is 9.78. The first-order chi connectivity index (χ1) is 14.7. The Morgan fingerprint density at radius 1 is 0.633 bits per heavy atom. The fourth-order valence-electron chi connectivity index (χ4n) is 4.80. The molecule has 0 spiro atoms. The Bertz CT molecular complexity index is 898. The van der Waals surface area contributed by atoms with Gasteiger partial charge in [0.1, 0.15) is 6.67 Å². The Morgan fingerprint density at radius 2 is 1.10 bits per heavy atom. The normalized spacial score (nSPS) is 19.0. The Morgan fingerprint density at radius 3 is 1.57 bits per heavy atom. The summed E-state index contributed by atoms with van der Waals surface area (Å²) in [5.74, 6) is 1.73. The summed E-state index contributed by atoms with van der Waals surface area (Å²) < 4.78 is 12.7. The third-order valence-corrected chi connectivity index (χ3v) is 6.97. The number of alkyl halides is 1. The molecule has 0 radical (unpaired) electrons. The summed E-state index contributed by atoms with van der Waals surface area (Å²) in [6.45, 7) is 1.93. The van der Waals surface area contributed by atoms with Crippen molar-refractivity contribution in [2.45, 2.75) is 64.5 Å². The number of aryl methyl sites for hydroxylation is 2. The van der Waals surface area contributed by atoms with Gasteiger partial charge in [-0.05, 0) is 83.7 Å². The standard InChI is InChI=1S/C29H33F/c1-2-22-5-13-26(14-6-22)27-15-7-23(8-16-27)3-4-24-9-17-28(18-10-24)29-19-11-25(21-30)12-20-29/h7-12,15-20,22,26H,2-6,13-14,21H2,1H3/t22-,26-. The molecule has 3 aromatic carbocycles. The number of benzene rings is 3. The highest BCUT2D eigenvalue weighted by Crippen LogP contribution is 2.37. The molecule has 0 atom stereocenters. The highest BCUT2D eigenvalue weighted by Gasteiger charge is 2.21. The van der Waals surface area contributed by atoms with Crippen molar-refractivity contribution in [2.75, 3.05) is 0 Å². The molecule has 1 aliphatic rings. The maximum atomic E-state index is 12.7. The maximum absolute atomic E-state index is 12.7. The zero-order valence-corrected chi connectivity index (χ0v) is 18.1. The van der Waals surface area contributed by atoms with Crippen LogP contribution in [0.3, 0.4) is 0 Å². The summed E-state index contributed by atoms with van der Waals surface area (Å²) in [4.78, 5) is 0. The van der Waals surface area contributed by atoms with Crippen molar-refractivity contribution >= 4 is 0 Å². The molecule has 0 aliphatic heterocycles. The van der Waals surface area contributed by atoms with Crippen LogP contribution in [0.25, 0.3) is 11.1 Å². The molecule has 0 aromatic heterocycles. The Balaban J connectivity index is 1.31. The average Bonchev–Trinajstić information content (AvgIpc) is 2.83. The lowest BCUT2D eigenvalue weighted by Crippen LogP contribution is -2.12. The molecule has 0 amide bonds. The fourth-order valence-corrected chi connectivity index (χ4v) is 4.80. The van der Waals surface area contributed by atoms with Gasteiger partial charge in [-0.3, -0.25) is 0 Å². The third-order valence-electron chi connectivity index (χ3n) is 6.97. The van der Waals surface area contributed by atoms with Crippen molar-refractivity contribution in [3.8, 4) is 11.1 Å². The van der Waals surface area contributed by atoms with E-state index in [2.05, 4.69) is 55.5 Å². The Hall–Kier alpha value is -2.41. The summed E-state index contributed by atoms with van der Waals surface area (Å²) >= 11 is 0. The lowest BCUT2D eigenvalue weighted by Gasteiger charge is -2.28. The molecule has 0 nitrogen and oxygen atoms in total. The maximum Gasteiger partial charge on any atom is 0.115 e. The van der Waals surface area contributed by atoms with Crippen LogP contribution in [0.2, 0.25) is 0 Å². The van der Waals surface area contributed by atoms with E-state index in [1.165, 1.54) is 54.4 Å². The predicted molar refractivity (Wildman–Crippen MR) is 126 cm³/mol. The SMILES string of the molecule is CC[C@H]1CC[C@H](c2ccc(CCc3ccc(-c4ccc(CF)cc4)cc3)cc2)CC1. The second-order valence-corrected chi connectivity index (χ2v) is 8.89. The van der Waals surface area contributed by atoms with E-state index in [1.54, 1.807) is 0 Å². The van der Waals surface area contributed by atoms with E-state index in [0.29, 0.717) is 0 Å². The van der Waals surface area contributed by atoms with Gasteiger partial charge in [0, 0.05) is 0 Å². The first-order valence-corrected chi connectivity index (χ1v) is 11.6. The van der Waals surface area contributed by atoms with Crippen LogP contribution in [0.1, 0.15) is 67.2 Å². The van der Waals surface area contributed by atoms with Crippen molar-refractivity contribution in [1.29, 1.82) is 0 Å². The summed E-state index contributed by atoms with van der Waals surface area (Å²) in [7, 11) is 0. The number of hydrogen-bond acceptors (Lipinski definition) is 0. The van der Waals surface area contributed by atoms with Gasteiger partial charge in [0.15, 0.2) is 0 Å². The van der Waals surface area contributed by atoms with Gasteiger partial charge in [0.2, 0.25) is 0 Å². The van der Waals surface area contributed by atoms with Gasteiger partial charge in [-0.15, -0.1) is 0 Å². The summed E-state index contributed by atoms with van der Waals surface area (Å²) in [6.07, 6.45) is 9.01. The van der Waals surface area contributed by atoms with Gasteiger partial charge in [0.25, 0.3) is 0 Å². The monoisotopic (exact) mass is 400 g/mol. The van der Waals surface area contributed by atoms with Crippen LogP contribution in [0.5, 0.6) is 0 Å². The van der Waals surface area contributed by atoms with Crippen LogP contribution < -0.4 is 0 Å². The van der Waals surface area contributed by atoms with Gasteiger partial charge >= 0.3 is 0 Å². The van der Waals surface area contributed by atoms with Crippen molar-refractivity contribution in [2.24, 2.45) is 5.92 Å². The highest BCUT2D eigenvalue weighted by atomic mass is 19.1. The molecule has 1 saturated carbocycles. The van der Waals surface area contributed by atoms with Crippen molar-refractivity contribution in [1.82, 2.24) is 0 Å². The molecule has 156 valence electrons. The Labute approximate surface area is 181 Å². The highest BCUT2D eigenvalue weighted by molar-refractivity contribution is 5.64. The topological polar surface area (TPSA) is 0 Å². The zero-order chi connectivity index (χ0) is 20.8. The Kier molecular flexibility index (Phi) is 7.00. The van der Waals surface area contributed by atoms with Crippen LogP contribution in [-0.4, -0.2) is 0 Å². The molecule has 3 aromatic rings. The van der Waals surface area contributed by atoms with Crippen LogP contribution >= 0.6 is 0 Å². The van der Waals surface area contributed by atoms with E-state index >= 15 is 0 Å². The molecule has 1 fully saturated rings. The van der Waals surface area contributed by atoms with Crippen LogP contribution in [0.15, 0.2) is 72.8 Å². The minimum Gasteiger partial charge on any atom is -0.246 e. The van der Waals surface area contributed by atoms with Crippen molar-refractivity contribution in [3.63, 3.8) is 0 Å². The van der Waals surface area contributed by atoms with Gasteiger partial charge < -0.3 is 0 Å². The smallest absolute Gasteiger partial charge is 0.115 e. The number of rotatable bonds is 7. The first-order valence-electron chi connectivity index (χ1n) is 11.6. The van der Waals surface area contributed by atoms with Crippen molar-refractivity contribution in [3.05, 3.63) is 95.1 Å². The number of hydrogen-bond donors (Lipinski definition) is 0. The first kappa shape index (κ1) is 20.8. The minimum atomic E-state index is -0.403. The van der Waals surface area contributed by atoms with Gasteiger partial charge in [-0.2, -0.15) is 0 Å². The molecule has 0 unspecified atom stereocenters. The second kappa shape index (κ2) is 10.1. The average molecular weight is 401 g/mol. The van der Waals surface area contributed by atoms with Gasteiger partial charge in [-0.25, -0.2) is 4.39 Å². The molecule has 1 aliphatic carbocycles.